The highest BCUT2D eigenvalue weighted by molar-refractivity contribution is 5.91. The molecule has 0 spiro atoms. The van der Waals surface area contributed by atoms with E-state index in [-0.39, 0.29) is 11.7 Å². The lowest BCUT2D eigenvalue weighted by Crippen LogP contribution is -2.20. The SMILES string of the molecule is O=C1CCc2cc(OC(=O)c3c(F)cccc3F)ccc2CN1. The Morgan fingerprint density at radius 1 is 1.04 bits per heavy atom. The van der Waals surface area contributed by atoms with Crippen LogP contribution in [0, 0.1) is 11.6 Å². The van der Waals surface area contributed by atoms with Gasteiger partial charge in [-0.05, 0) is 41.8 Å². The normalized spacial score (nSPS) is 13.7. The molecule has 3 rings (SSSR count). The van der Waals surface area contributed by atoms with E-state index in [1.165, 1.54) is 12.1 Å². The summed E-state index contributed by atoms with van der Waals surface area (Å²) < 4.78 is 32.2. The number of nitrogens with one attached hydrogen (secondary N) is 1. The van der Waals surface area contributed by atoms with Crippen molar-refractivity contribution in [3.8, 4) is 5.75 Å². The third kappa shape index (κ3) is 3.21. The molecule has 0 atom stereocenters. The fraction of sp³-hybridized carbons (Fsp3) is 0.176. The average molecular weight is 317 g/mol. The summed E-state index contributed by atoms with van der Waals surface area (Å²) >= 11 is 0. The van der Waals surface area contributed by atoms with E-state index in [9.17, 15) is 18.4 Å². The molecule has 0 aromatic heterocycles. The van der Waals surface area contributed by atoms with Gasteiger partial charge in [-0.3, -0.25) is 4.79 Å². The van der Waals surface area contributed by atoms with Crippen molar-refractivity contribution in [3.63, 3.8) is 0 Å². The zero-order valence-corrected chi connectivity index (χ0v) is 12.1. The van der Waals surface area contributed by atoms with E-state index < -0.39 is 23.2 Å². The number of hydrogen-bond acceptors (Lipinski definition) is 3. The van der Waals surface area contributed by atoms with Crippen LogP contribution in [0.2, 0.25) is 0 Å². The topological polar surface area (TPSA) is 55.4 Å². The summed E-state index contributed by atoms with van der Waals surface area (Å²) in [5, 5.41) is 2.76. The molecular weight excluding hydrogens is 304 g/mol. The van der Waals surface area contributed by atoms with Crippen molar-refractivity contribution in [1.29, 1.82) is 0 Å². The Morgan fingerprint density at radius 3 is 2.52 bits per heavy atom. The number of carbonyl (C=O) groups excluding carboxylic acids is 2. The number of rotatable bonds is 2. The number of halogens is 2. The zero-order chi connectivity index (χ0) is 16.4. The third-order valence-corrected chi connectivity index (χ3v) is 3.65. The molecule has 0 fully saturated rings. The second-order valence-corrected chi connectivity index (χ2v) is 5.19. The van der Waals surface area contributed by atoms with Crippen molar-refractivity contribution in [1.82, 2.24) is 5.32 Å². The second kappa shape index (κ2) is 6.16. The number of hydrogen-bond donors (Lipinski definition) is 1. The first-order chi connectivity index (χ1) is 11.0. The van der Waals surface area contributed by atoms with Crippen molar-refractivity contribution in [2.24, 2.45) is 0 Å². The van der Waals surface area contributed by atoms with E-state index >= 15 is 0 Å². The minimum atomic E-state index is -1.09. The number of fused-ring (bicyclic) bond motifs is 1. The van der Waals surface area contributed by atoms with Crippen molar-refractivity contribution >= 4 is 11.9 Å². The van der Waals surface area contributed by atoms with Crippen molar-refractivity contribution < 1.29 is 23.1 Å². The van der Waals surface area contributed by atoms with Gasteiger partial charge in [0, 0.05) is 13.0 Å². The first kappa shape index (κ1) is 15.1. The monoisotopic (exact) mass is 317 g/mol. The number of ether oxygens (including phenoxy) is 1. The van der Waals surface area contributed by atoms with Gasteiger partial charge in [-0.25, -0.2) is 13.6 Å². The fourth-order valence-corrected chi connectivity index (χ4v) is 2.45. The summed E-state index contributed by atoms with van der Waals surface area (Å²) in [5.41, 5.74) is 1.06. The molecule has 4 nitrogen and oxygen atoms in total. The summed E-state index contributed by atoms with van der Waals surface area (Å²) in [6.45, 7) is 0.407. The van der Waals surface area contributed by atoms with Gasteiger partial charge in [-0.1, -0.05) is 12.1 Å². The van der Waals surface area contributed by atoms with Gasteiger partial charge in [0.2, 0.25) is 5.91 Å². The lowest BCUT2D eigenvalue weighted by molar-refractivity contribution is -0.121. The van der Waals surface area contributed by atoms with Gasteiger partial charge in [-0.2, -0.15) is 0 Å². The Kier molecular flexibility index (Phi) is 4.06. The van der Waals surface area contributed by atoms with Crippen LogP contribution >= 0.6 is 0 Å². The van der Waals surface area contributed by atoms with Gasteiger partial charge < -0.3 is 10.1 Å². The highest BCUT2D eigenvalue weighted by Crippen LogP contribution is 2.23. The average Bonchev–Trinajstić information content (AvgIpc) is 2.69. The highest BCUT2D eigenvalue weighted by atomic mass is 19.1. The summed E-state index contributed by atoms with van der Waals surface area (Å²) in [6, 6.07) is 8.04. The van der Waals surface area contributed by atoms with Crippen LogP contribution in [0.4, 0.5) is 8.78 Å². The number of carbonyl (C=O) groups is 2. The van der Waals surface area contributed by atoms with E-state index in [2.05, 4.69) is 5.32 Å². The van der Waals surface area contributed by atoms with Crippen LogP contribution in [0.1, 0.15) is 27.9 Å². The van der Waals surface area contributed by atoms with E-state index in [1.807, 2.05) is 0 Å². The van der Waals surface area contributed by atoms with Crippen LogP contribution in [0.3, 0.4) is 0 Å². The molecule has 0 aliphatic carbocycles. The molecule has 1 amide bonds. The Morgan fingerprint density at radius 2 is 1.78 bits per heavy atom. The molecule has 1 heterocycles. The number of aryl methyl sites for hydroxylation is 1. The van der Waals surface area contributed by atoms with Crippen LogP contribution in [0.15, 0.2) is 36.4 Å². The maximum atomic E-state index is 13.6. The molecule has 118 valence electrons. The van der Waals surface area contributed by atoms with Crippen molar-refractivity contribution in [3.05, 3.63) is 64.7 Å². The predicted octanol–water partition coefficient (Wildman–Crippen LogP) is 2.75. The molecule has 0 saturated heterocycles. The summed E-state index contributed by atoms with van der Waals surface area (Å²) in [5.74, 6) is -2.90. The highest BCUT2D eigenvalue weighted by Gasteiger charge is 2.20. The second-order valence-electron chi connectivity index (χ2n) is 5.19. The predicted molar refractivity (Wildman–Crippen MR) is 77.9 cm³/mol. The Balaban J connectivity index is 1.84. The van der Waals surface area contributed by atoms with Crippen molar-refractivity contribution in [2.45, 2.75) is 19.4 Å². The van der Waals surface area contributed by atoms with Gasteiger partial charge in [0.1, 0.15) is 22.9 Å². The molecule has 0 radical (unpaired) electrons. The standard InChI is InChI=1S/C17H13F2NO3/c18-13-2-1-3-14(19)16(13)17(22)23-12-6-4-11-9-20-15(21)7-5-10(11)8-12/h1-4,6,8H,5,7,9H2,(H,20,21). The van der Waals surface area contributed by atoms with Gasteiger partial charge in [-0.15, -0.1) is 0 Å². The summed E-state index contributed by atoms with van der Waals surface area (Å²) in [7, 11) is 0. The van der Waals surface area contributed by atoms with Gasteiger partial charge >= 0.3 is 5.97 Å². The van der Waals surface area contributed by atoms with E-state index in [0.717, 1.165) is 23.3 Å². The molecule has 2 aromatic rings. The molecule has 0 saturated carbocycles. The van der Waals surface area contributed by atoms with Gasteiger partial charge in [0.25, 0.3) is 0 Å². The lowest BCUT2D eigenvalue weighted by Gasteiger charge is -2.10. The maximum Gasteiger partial charge on any atom is 0.349 e. The first-order valence-electron chi connectivity index (χ1n) is 7.09. The van der Waals surface area contributed by atoms with E-state index in [1.54, 1.807) is 12.1 Å². The van der Waals surface area contributed by atoms with Crippen LogP contribution in [-0.4, -0.2) is 11.9 Å². The zero-order valence-electron chi connectivity index (χ0n) is 12.1. The minimum Gasteiger partial charge on any atom is -0.423 e. The molecule has 23 heavy (non-hydrogen) atoms. The van der Waals surface area contributed by atoms with E-state index in [0.29, 0.717) is 19.4 Å². The van der Waals surface area contributed by atoms with Crippen LogP contribution in [0.25, 0.3) is 0 Å². The molecule has 1 aliphatic rings. The largest absolute Gasteiger partial charge is 0.423 e. The van der Waals surface area contributed by atoms with Gasteiger partial charge in [0.05, 0.1) is 0 Å². The number of esters is 1. The first-order valence-corrected chi connectivity index (χ1v) is 7.09. The van der Waals surface area contributed by atoms with E-state index in [4.69, 9.17) is 4.74 Å². The smallest absolute Gasteiger partial charge is 0.349 e. The molecular formula is C17H13F2NO3. The molecule has 0 unspecified atom stereocenters. The molecule has 1 N–H and O–H groups in total. The summed E-state index contributed by atoms with van der Waals surface area (Å²) in [6.07, 6.45) is 0.854. The Bertz CT molecular complexity index is 769. The Hall–Kier alpha value is -2.76. The van der Waals surface area contributed by atoms with Crippen LogP contribution < -0.4 is 10.1 Å². The molecule has 0 bridgehead atoms. The molecule has 2 aromatic carbocycles. The number of amides is 1. The van der Waals surface area contributed by atoms with Crippen LogP contribution in [-0.2, 0) is 17.8 Å². The van der Waals surface area contributed by atoms with Crippen LogP contribution in [0.5, 0.6) is 5.75 Å². The number of benzene rings is 2. The Labute approximate surface area is 131 Å². The van der Waals surface area contributed by atoms with Crippen molar-refractivity contribution in [2.75, 3.05) is 0 Å². The van der Waals surface area contributed by atoms with Gasteiger partial charge in [0.15, 0.2) is 0 Å². The minimum absolute atomic E-state index is 0.0480. The maximum absolute atomic E-state index is 13.6. The summed E-state index contributed by atoms with van der Waals surface area (Å²) in [4.78, 5) is 23.4. The molecule has 6 heteroatoms. The molecule has 1 aliphatic heterocycles. The quantitative estimate of drug-likeness (QED) is 0.684. The third-order valence-electron chi connectivity index (χ3n) is 3.65. The lowest BCUT2D eigenvalue weighted by atomic mass is 10.0. The fourth-order valence-electron chi connectivity index (χ4n) is 2.45.